The van der Waals surface area contributed by atoms with E-state index in [0.717, 1.165) is 0 Å². The maximum absolute atomic E-state index is 11.3. The van der Waals surface area contributed by atoms with Crippen LogP contribution in [0, 0.1) is 0 Å². The molecular weight excluding hydrogens is 272 g/mol. The first-order chi connectivity index (χ1) is 9.40. The van der Waals surface area contributed by atoms with Crippen molar-refractivity contribution in [3.63, 3.8) is 0 Å². The third-order valence-electron chi connectivity index (χ3n) is 2.18. The molecule has 1 heterocycles. The van der Waals surface area contributed by atoms with Gasteiger partial charge in [0.2, 0.25) is 6.10 Å². The monoisotopic (exact) mass is 286 g/mol. The van der Waals surface area contributed by atoms with Gasteiger partial charge in [0.15, 0.2) is 13.2 Å². The number of hydrogen-bond acceptors (Lipinski definition) is 8. The van der Waals surface area contributed by atoms with Crippen LogP contribution in [0.15, 0.2) is 12.2 Å². The van der Waals surface area contributed by atoms with Crippen LogP contribution in [0.4, 0.5) is 0 Å². The lowest BCUT2D eigenvalue weighted by Crippen LogP contribution is -2.27. The molecule has 0 spiro atoms. The Hall–Kier alpha value is -2.38. The minimum absolute atomic E-state index is 0.136. The number of carbonyl (C=O) groups excluding carboxylic acids is 4. The van der Waals surface area contributed by atoms with E-state index in [9.17, 15) is 19.2 Å². The Balaban J connectivity index is 2.20. The lowest BCUT2D eigenvalue weighted by Gasteiger charge is -2.09. The summed E-state index contributed by atoms with van der Waals surface area (Å²) in [5.41, 5.74) is 0.136. The fraction of sp³-hybridized carbons (Fsp3) is 0.500. The molecule has 0 aliphatic carbocycles. The SMILES string of the molecule is C=C(C)C(=O)OCC(=O)OCC(=O)OC1CCOC1=O. The van der Waals surface area contributed by atoms with Crippen molar-refractivity contribution in [3.05, 3.63) is 12.2 Å². The van der Waals surface area contributed by atoms with Gasteiger partial charge in [-0.15, -0.1) is 0 Å². The van der Waals surface area contributed by atoms with Gasteiger partial charge in [-0.3, -0.25) is 0 Å². The maximum Gasteiger partial charge on any atom is 0.347 e. The molecule has 0 aromatic carbocycles. The third kappa shape index (κ3) is 5.09. The van der Waals surface area contributed by atoms with Gasteiger partial charge in [0, 0.05) is 12.0 Å². The van der Waals surface area contributed by atoms with Gasteiger partial charge in [-0.25, -0.2) is 19.2 Å². The van der Waals surface area contributed by atoms with Crippen LogP contribution in [0.2, 0.25) is 0 Å². The summed E-state index contributed by atoms with van der Waals surface area (Å²) in [6.45, 7) is 3.63. The minimum atomic E-state index is -0.956. The summed E-state index contributed by atoms with van der Waals surface area (Å²) in [7, 11) is 0. The molecule has 1 fully saturated rings. The van der Waals surface area contributed by atoms with Gasteiger partial charge in [0.25, 0.3) is 0 Å². The molecule has 1 atom stereocenters. The molecule has 1 aliphatic rings. The highest BCUT2D eigenvalue weighted by Crippen LogP contribution is 2.10. The van der Waals surface area contributed by atoms with E-state index in [4.69, 9.17) is 4.74 Å². The molecule has 0 radical (unpaired) electrons. The maximum atomic E-state index is 11.3. The van der Waals surface area contributed by atoms with Gasteiger partial charge < -0.3 is 18.9 Å². The van der Waals surface area contributed by atoms with Gasteiger partial charge in [-0.1, -0.05) is 6.58 Å². The normalized spacial score (nSPS) is 17.1. The van der Waals surface area contributed by atoms with Crippen molar-refractivity contribution in [1.82, 2.24) is 0 Å². The highest BCUT2D eigenvalue weighted by molar-refractivity contribution is 5.88. The zero-order chi connectivity index (χ0) is 15.1. The van der Waals surface area contributed by atoms with E-state index in [-0.39, 0.29) is 18.6 Å². The van der Waals surface area contributed by atoms with Crippen LogP contribution in [0.25, 0.3) is 0 Å². The third-order valence-corrected chi connectivity index (χ3v) is 2.18. The van der Waals surface area contributed by atoms with Crippen LogP contribution in [0.5, 0.6) is 0 Å². The van der Waals surface area contributed by atoms with Crippen molar-refractivity contribution in [2.45, 2.75) is 19.4 Å². The average molecular weight is 286 g/mol. The second kappa shape index (κ2) is 7.27. The van der Waals surface area contributed by atoms with Gasteiger partial charge in [0.1, 0.15) is 0 Å². The molecule has 1 rings (SSSR count). The highest BCUT2D eigenvalue weighted by atomic mass is 16.6. The summed E-state index contributed by atoms with van der Waals surface area (Å²) in [5.74, 6) is -3.16. The molecule has 20 heavy (non-hydrogen) atoms. The van der Waals surface area contributed by atoms with Crippen molar-refractivity contribution in [3.8, 4) is 0 Å². The fourth-order valence-electron chi connectivity index (χ4n) is 1.21. The average Bonchev–Trinajstić information content (AvgIpc) is 2.79. The molecule has 0 N–H and O–H groups in total. The van der Waals surface area contributed by atoms with Crippen LogP contribution in [0.1, 0.15) is 13.3 Å². The molecule has 110 valence electrons. The summed E-state index contributed by atoms with van der Waals surface area (Å²) in [6, 6.07) is 0. The topological polar surface area (TPSA) is 105 Å². The molecule has 1 saturated heterocycles. The van der Waals surface area contributed by atoms with E-state index in [0.29, 0.717) is 0 Å². The zero-order valence-corrected chi connectivity index (χ0v) is 10.9. The van der Waals surface area contributed by atoms with Gasteiger partial charge in [-0.05, 0) is 6.92 Å². The summed E-state index contributed by atoms with van der Waals surface area (Å²) < 4.78 is 18.3. The number of carbonyl (C=O) groups is 4. The molecule has 8 heteroatoms. The largest absolute Gasteiger partial charge is 0.463 e. The summed E-state index contributed by atoms with van der Waals surface area (Å²) in [6.07, 6.45) is -0.684. The smallest absolute Gasteiger partial charge is 0.347 e. The Morgan fingerprint density at radius 2 is 1.90 bits per heavy atom. The lowest BCUT2D eigenvalue weighted by molar-refractivity contribution is -0.169. The molecule has 0 amide bonds. The van der Waals surface area contributed by atoms with Gasteiger partial charge in [0.05, 0.1) is 6.61 Å². The summed E-state index contributed by atoms with van der Waals surface area (Å²) in [4.78, 5) is 44.4. The predicted molar refractivity (Wildman–Crippen MR) is 62.2 cm³/mol. The van der Waals surface area contributed by atoms with Crippen molar-refractivity contribution in [2.75, 3.05) is 19.8 Å². The first kappa shape index (κ1) is 15.7. The zero-order valence-electron chi connectivity index (χ0n) is 10.9. The first-order valence-corrected chi connectivity index (χ1v) is 5.74. The van der Waals surface area contributed by atoms with E-state index < -0.39 is 43.2 Å². The molecular formula is C12H14O8. The summed E-state index contributed by atoms with van der Waals surface area (Å²) >= 11 is 0. The molecule has 8 nitrogen and oxygen atoms in total. The molecule has 1 aliphatic heterocycles. The number of hydrogen-bond donors (Lipinski definition) is 0. The number of esters is 4. The van der Waals surface area contributed by atoms with Crippen LogP contribution >= 0.6 is 0 Å². The van der Waals surface area contributed by atoms with Crippen LogP contribution in [-0.4, -0.2) is 49.8 Å². The number of cyclic esters (lactones) is 1. The molecule has 0 aromatic rings. The Bertz CT molecular complexity index is 439. The second-order valence-electron chi connectivity index (χ2n) is 3.95. The van der Waals surface area contributed by atoms with Crippen molar-refractivity contribution >= 4 is 23.9 Å². The van der Waals surface area contributed by atoms with Crippen LogP contribution in [-0.2, 0) is 38.1 Å². The molecule has 0 bridgehead atoms. The Morgan fingerprint density at radius 3 is 2.45 bits per heavy atom. The van der Waals surface area contributed by atoms with E-state index in [1.54, 1.807) is 0 Å². The van der Waals surface area contributed by atoms with E-state index in [2.05, 4.69) is 20.8 Å². The highest BCUT2D eigenvalue weighted by Gasteiger charge is 2.30. The van der Waals surface area contributed by atoms with Gasteiger partial charge in [-0.2, -0.15) is 0 Å². The summed E-state index contributed by atoms with van der Waals surface area (Å²) in [5, 5.41) is 0. The van der Waals surface area contributed by atoms with Crippen LogP contribution in [0.3, 0.4) is 0 Å². The van der Waals surface area contributed by atoms with Crippen molar-refractivity contribution in [2.24, 2.45) is 0 Å². The van der Waals surface area contributed by atoms with Crippen LogP contribution < -0.4 is 0 Å². The molecule has 1 unspecified atom stereocenters. The Kier molecular flexibility index (Phi) is 5.70. The van der Waals surface area contributed by atoms with E-state index in [1.165, 1.54) is 6.92 Å². The van der Waals surface area contributed by atoms with Crippen molar-refractivity contribution in [1.29, 1.82) is 0 Å². The van der Waals surface area contributed by atoms with E-state index >= 15 is 0 Å². The van der Waals surface area contributed by atoms with E-state index in [1.807, 2.05) is 0 Å². The van der Waals surface area contributed by atoms with Crippen molar-refractivity contribution < 1.29 is 38.1 Å². The quantitative estimate of drug-likeness (QED) is 0.366. The Labute approximate surface area is 114 Å². The molecule has 0 saturated carbocycles. The number of rotatable bonds is 6. The predicted octanol–water partition coefficient (Wildman–Crippen LogP) is -0.492. The minimum Gasteiger partial charge on any atom is -0.463 e. The molecule has 0 aromatic heterocycles. The second-order valence-corrected chi connectivity index (χ2v) is 3.95. The van der Waals surface area contributed by atoms with Gasteiger partial charge >= 0.3 is 23.9 Å². The standard InChI is InChI=1S/C12H14O8/c1-7(2)11(15)19-5-9(13)18-6-10(14)20-8-3-4-17-12(8)16/h8H,1,3-6H2,2H3. The lowest BCUT2D eigenvalue weighted by atomic mass is 10.3. The number of ether oxygens (including phenoxy) is 4. The first-order valence-electron chi connectivity index (χ1n) is 5.74. The fourth-order valence-corrected chi connectivity index (χ4v) is 1.21. The Morgan fingerprint density at radius 1 is 1.25 bits per heavy atom.